The SMILES string of the molecule is Cc1ccnc(NS(=O)(=O)c2ccc(NC(=O)C3CCN(S(=O)(=O)Cc4ccccc4F)CC3)cc2)n1. The molecule has 196 valence electrons. The molecule has 4 rings (SSSR count). The van der Waals surface area contributed by atoms with Crippen molar-refractivity contribution in [2.45, 2.75) is 30.4 Å². The Labute approximate surface area is 215 Å². The second-order valence-electron chi connectivity index (χ2n) is 8.66. The number of benzene rings is 2. The van der Waals surface area contributed by atoms with E-state index in [-0.39, 0.29) is 35.4 Å². The second kappa shape index (κ2) is 10.9. The van der Waals surface area contributed by atoms with Gasteiger partial charge in [-0.1, -0.05) is 18.2 Å². The minimum atomic E-state index is -3.91. The molecule has 0 aliphatic carbocycles. The zero-order chi connectivity index (χ0) is 26.6. The minimum absolute atomic E-state index is 0.0241. The maximum absolute atomic E-state index is 13.9. The smallest absolute Gasteiger partial charge is 0.264 e. The number of anilines is 2. The van der Waals surface area contributed by atoms with Gasteiger partial charge in [-0.2, -0.15) is 0 Å². The van der Waals surface area contributed by atoms with Crippen molar-refractivity contribution in [2.75, 3.05) is 23.1 Å². The summed E-state index contributed by atoms with van der Waals surface area (Å²) < 4.78 is 68.1. The summed E-state index contributed by atoms with van der Waals surface area (Å²) in [7, 11) is -7.64. The first kappa shape index (κ1) is 26.6. The number of rotatable bonds is 8. The van der Waals surface area contributed by atoms with Crippen LogP contribution in [0.25, 0.3) is 0 Å². The third kappa shape index (κ3) is 6.67. The number of hydrogen-bond donors (Lipinski definition) is 2. The van der Waals surface area contributed by atoms with Gasteiger partial charge >= 0.3 is 0 Å². The third-order valence-electron chi connectivity index (χ3n) is 5.97. The summed E-state index contributed by atoms with van der Waals surface area (Å²) in [5.41, 5.74) is 1.12. The van der Waals surface area contributed by atoms with E-state index in [2.05, 4.69) is 20.0 Å². The number of piperidine rings is 1. The van der Waals surface area contributed by atoms with Gasteiger partial charge in [-0.05, 0) is 56.2 Å². The summed E-state index contributed by atoms with van der Waals surface area (Å²) >= 11 is 0. The fourth-order valence-electron chi connectivity index (χ4n) is 3.94. The van der Waals surface area contributed by atoms with Crippen LogP contribution in [0, 0.1) is 18.7 Å². The maximum atomic E-state index is 13.9. The van der Waals surface area contributed by atoms with E-state index in [4.69, 9.17) is 0 Å². The highest BCUT2D eigenvalue weighted by atomic mass is 32.2. The number of sulfonamides is 2. The molecule has 1 aliphatic heterocycles. The van der Waals surface area contributed by atoms with E-state index in [1.165, 1.54) is 53.0 Å². The van der Waals surface area contributed by atoms with E-state index >= 15 is 0 Å². The molecule has 0 spiro atoms. The highest BCUT2D eigenvalue weighted by molar-refractivity contribution is 7.92. The van der Waals surface area contributed by atoms with Crippen LogP contribution < -0.4 is 10.0 Å². The van der Waals surface area contributed by atoms with E-state index < -0.39 is 37.5 Å². The highest BCUT2D eigenvalue weighted by Crippen LogP contribution is 2.24. The van der Waals surface area contributed by atoms with Gasteiger partial charge in [0.05, 0.1) is 10.6 Å². The van der Waals surface area contributed by atoms with Crippen LogP contribution in [-0.2, 0) is 30.6 Å². The Morgan fingerprint density at radius 1 is 1.03 bits per heavy atom. The molecule has 0 bridgehead atoms. The summed E-state index contributed by atoms with van der Waals surface area (Å²) in [5.74, 6) is -1.74. The molecule has 0 saturated carbocycles. The number of carbonyl (C=O) groups is 1. The van der Waals surface area contributed by atoms with Crippen LogP contribution in [0.5, 0.6) is 0 Å². The molecule has 2 N–H and O–H groups in total. The second-order valence-corrected chi connectivity index (χ2v) is 12.3. The summed E-state index contributed by atoms with van der Waals surface area (Å²) in [6, 6.07) is 13.0. The molecule has 2 aromatic carbocycles. The molecule has 0 radical (unpaired) electrons. The number of hydrogen-bond acceptors (Lipinski definition) is 7. The van der Waals surface area contributed by atoms with Crippen molar-refractivity contribution >= 4 is 37.6 Å². The first-order chi connectivity index (χ1) is 17.5. The molecule has 13 heteroatoms. The van der Waals surface area contributed by atoms with Gasteiger partial charge < -0.3 is 5.32 Å². The zero-order valence-corrected chi connectivity index (χ0v) is 21.6. The van der Waals surface area contributed by atoms with Crippen LogP contribution >= 0.6 is 0 Å². The number of aromatic nitrogens is 2. The van der Waals surface area contributed by atoms with E-state index in [9.17, 15) is 26.0 Å². The van der Waals surface area contributed by atoms with Crippen molar-refractivity contribution in [3.05, 3.63) is 77.9 Å². The molecular weight excluding hydrogens is 521 g/mol. The quantitative estimate of drug-likeness (QED) is 0.442. The molecule has 1 saturated heterocycles. The lowest BCUT2D eigenvalue weighted by molar-refractivity contribution is -0.120. The van der Waals surface area contributed by atoms with Crippen molar-refractivity contribution in [3.63, 3.8) is 0 Å². The van der Waals surface area contributed by atoms with Crippen LogP contribution in [0.1, 0.15) is 24.1 Å². The Kier molecular flexibility index (Phi) is 7.85. The first-order valence-electron chi connectivity index (χ1n) is 11.5. The van der Waals surface area contributed by atoms with Gasteiger partial charge in [0, 0.05) is 42.1 Å². The van der Waals surface area contributed by atoms with Crippen LogP contribution in [0.4, 0.5) is 16.0 Å². The van der Waals surface area contributed by atoms with Gasteiger partial charge in [-0.15, -0.1) is 0 Å². The Balaban J connectivity index is 1.32. The lowest BCUT2D eigenvalue weighted by Gasteiger charge is -2.30. The Bertz CT molecular complexity index is 1490. The molecule has 1 aliphatic rings. The molecule has 3 aromatic rings. The van der Waals surface area contributed by atoms with Crippen molar-refractivity contribution in [2.24, 2.45) is 5.92 Å². The third-order valence-corrected chi connectivity index (χ3v) is 9.14. The fourth-order valence-corrected chi connectivity index (χ4v) is 6.47. The fraction of sp³-hybridized carbons (Fsp3) is 0.292. The van der Waals surface area contributed by atoms with Gasteiger partial charge in [0.1, 0.15) is 5.82 Å². The van der Waals surface area contributed by atoms with E-state index in [0.717, 1.165) is 0 Å². The number of amides is 1. The molecular formula is C24H26FN5O5S2. The molecule has 37 heavy (non-hydrogen) atoms. The van der Waals surface area contributed by atoms with E-state index in [1.54, 1.807) is 19.1 Å². The Morgan fingerprint density at radius 3 is 2.35 bits per heavy atom. The standard InChI is InChI=1S/C24H26FN5O5S2/c1-17-10-13-26-24(27-17)29-37(34,35)21-8-6-20(7-9-21)28-23(31)18-11-14-30(15-12-18)36(32,33)16-19-4-2-3-5-22(19)25/h2-10,13,18H,11-12,14-16H2,1H3,(H,28,31)(H,26,27,29). The molecule has 1 fully saturated rings. The molecule has 1 aromatic heterocycles. The summed E-state index contributed by atoms with van der Waals surface area (Å²) in [6.07, 6.45) is 2.08. The molecule has 1 amide bonds. The summed E-state index contributed by atoms with van der Waals surface area (Å²) in [6.45, 7) is 2.02. The van der Waals surface area contributed by atoms with Crippen LogP contribution in [0.3, 0.4) is 0 Å². The lowest BCUT2D eigenvalue weighted by Crippen LogP contribution is -2.42. The van der Waals surface area contributed by atoms with Gasteiger partial charge in [0.25, 0.3) is 10.0 Å². The lowest BCUT2D eigenvalue weighted by atomic mass is 9.97. The Morgan fingerprint density at radius 2 is 1.70 bits per heavy atom. The maximum Gasteiger partial charge on any atom is 0.264 e. The van der Waals surface area contributed by atoms with Crippen LogP contribution in [0.2, 0.25) is 0 Å². The highest BCUT2D eigenvalue weighted by Gasteiger charge is 2.31. The summed E-state index contributed by atoms with van der Waals surface area (Å²) in [5, 5.41) is 2.75. The van der Waals surface area contributed by atoms with E-state index in [1.807, 2.05) is 0 Å². The topological polar surface area (TPSA) is 138 Å². The van der Waals surface area contributed by atoms with Crippen molar-refractivity contribution < 1.29 is 26.0 Å². The van der Waals surface area contributed by atoms with Gasteiger partial charge in [-0.3, -0.25) is 4.79 Å². The predicted octanol–water partition coefficient (Wildman–Crippen LogP) is 2.91. The predicted molar refractivity (Wildman–Crippen MR) is 136 cm³/mol. The first-order valence-corrected chi connectivity index (χ1v) is 14.6. The van der Waals surface area contributed by atoms with Gasteiger partial charge in [0.15, 0.2) is 0 Å². The average Bonchev–Trinajstić information content (AvgIpc) is 2.85. The number of nitrogens with zero attached hydrogens (tertiary/aromatic N) is 3. The van der Waals surface area contributed by atoms with Crippen molar-refractivity contribution in [3.8, 4) is 0 Å². The van der Waals surface area contributed by atoms with Gasteiger partial charge in [-0.25, -0.2) is 40.2 Å². The number of carbonyl (C=O) groups excluding carboxylic acids is 1. The van der Waals surface area contributed by atoms with E-state index in [0.29, 0.717) is 24.2 Å². The monoisotopic (exact) mass is 547 g/mol. The largest absolute Gasteiger partial charge is 0.326 e. The molecule has 10 nitrogen and oxygen atoms in total. The number of nitrogens with one attached hydrogen (secondary N) is 2. The molecule has 0 atom stereocenters. The molecule has 0 unspecified atom stereocenters. The summed E-state index contributed by atoms with van der Waals surface area (Å²) in [4.78, 5) is 20.6. The zero-order valence-electron chi connectivity index (χ0n) is 20.0. The van der Waals surface area contributed by atoms with Crippen LogP contribution in [0.15, 0.2) is 65.7 Å². The van der Waals surface area contributed by atoms with Crippen molar-refractivity contribution in [1.29, 1.82) is 0 Å². The molecule has 2 heterocycles. The normalized spacial score (nSPS) is 15.3. The Hall–Kier alpha value is -3.42. The van der Waals surface area contributed by atoms with Gasteiger partial charge in [0.2, 0.25) is 21.9 Å². The number of aryl methyl sites for hydroxylation is 1. The average molecular weight is 548 g/mol. The number of halogens is 1. The van der Waals surface area contributed by atoms with Crippen molar-refractivity contribution in [1.82, 2.24) is 14.3 Å². The minimum Gasteiger partial charge on any atom is -0.326 e. The van der Waals surface area contributed by atoms with Crippen LogP contribution in [-0.4, -0.2) is 50.1 Å².